The van der Waals surface area contributed by atoms with Crippen LogP contribution < -0.4 is 15.4 Å². The van der Waals surface area contributed by atoms with Crippen molar-refractivity contribution >= 4 is 39.8 Å². The molecule has 160 valence electrons. The van der Waals surface area contributed by atoms with E-state index >= 15 is 0 Å². The molecule has 2 aromatic carbocycles. The molecule has 0 aliphatic heterocycles. The van der Waals surface area contributed by atoms with Crippen LogP contribution in [0.3, 0.4) is 0 Å². The summed E-state index contributed by atoms with van der Waals surface area (Å²) in [6.45, 7) is 3.57. The van der Waals surface area contributed by atoms with Gasteiger partial charge in [-0.3, -0.25) is 9.59 Å². The zero-order chi connectivity index (χ0) is 22.5. The van der Waals surface area contributed by atoms with E-state index in [0.29, 0.717) is 27.4 Å². The third kappa shape index (κ3) is 4.92. The Balaban J connectivity index is 1.91. The third-order valence-corrected chi connectivity index (χ3v) is 5.80. The van der Waals surface area contributed by atoms with E-state index in [1.807, 2.05) is 25.1 Å². The van der Waals surface area contributed by atoms with Gasteiger partial charge in [0.25, 0.3) is 11.8 Å². The SMILES string of the molecule is COC(=O)c1c(NC(=O)c2ccc(OC)cc2)sc(C(=O)Nc2cccc(C)c2)c1C. The molecule has 8 heteroatoms. The second kappa shape index (κ2) is 9.44. The summed E-state index contributed by atoms with van der Waals surface area (Å²) >= 11 is 1.02. The van der Waals surface area contributed by atoms with Gasteiger partial charge in [0.15, 0.2) is 0 Å². The minimum absolute atomic E-state index is 0.156. The van der Waals surface area contributed by atoms with Gasteiger partial charge >= 0.3 is 5.97 Å². The summed E-state index contributed by atoms with van der Waals surface area (Å²) in [6, 6.07) is 13.9. The first-order valence-electron chi connectivity index (χ1n) is 9.39. The van der Waals surface area contributed by atoms with Crippen LogP contribution in [-0.4, -0.2) is 32.0 Å². The minimum Gasteiger partial charge on any atom is -0.497 e. The van der Waals surface area contributed by atoms with E-state index in [1.54, 1.807) is 37.3 Å². The molecule has 0 radical (unpaired) electrons. The van der Waals surface area contributed by atoms with Crippen molar-refractivity contribution in [2.75, 3.05) is 24.9 Å². The Bertz CT molecular complexity index is 1140. The summed E-state index contributed by atoms with van der Waals surface area (Å²) < 4.78 is 9.97. The maximum absolute atomic E-state index is 12.9. The van der Waals surface area contributed by atoms with Crippen molar-refractivity contribution in [3.63, 3.8) is 0 Å². The van der Waals surface area contributed by atoms with E-state index in [9.17, 15) is 14.4 Å². The van der Waals surface area contributed by atoms with Crippen molar-refractivity contribution in [3.8, 4) is 5.75 Å². The maximum Gasteiger partial charge on any atom is 0.341 e. The normalized spacial score (nSPS) is 10.3. The first-order valence-corrected chi connectivity index (χ1v) is 10.2. The van der Waals surface area contributed by atoms with Gasteiger partial charge in [-0.15, -0.1) is 11.3 Å². The molecule has 2 N–H and O–H groups in total. The highest BCUT2D eigenvalue weighted by molar-refractivity contribution is 7.19. The van der Waals surface area contributed by atoms with E-state index in [2.05, 4.69) is 10.6 Å². The first-order chi connectivity index (χ1) is 14.8. The number of benzene rings is 2. The van der Waals surface area contributed by atoms with Crippen molar-refractivity contribution < 1.29 is 23.9 Å². The number of aryl methyl sites for hydroxylation is 1. The Morgan fingerprint density at radius 3 is 2.23 bits per heavy atom. The van der Waals surface area contributed by atoms with Crippen molar-refractivity contribution in [1.82, 2.24) is 0 Å². The summed E-state index contributed by atoms with van der Waals surface area (Å²) in [4.78, 5) is 38.3. The Hall–Kier alpha value is -3.65. The lowest BCUT2D eigenvalue weighted by Crippen LogP contribution is -2.14. The van der Waals surface area contributed by atoms with Gasteiger partial charge in [0.05, 0.1) is 24.7 Å². The average Bonchev–Trinajstić information content (AvgIpc) is 3.09. The van der Waals surface area contributed by atoms with E-state index < -0.39 is 11.9 Å². The average molecular weight is 439 g/mol. The maximum atomic E-state index is 12.9. The van der Waals surface area contributed by atoms with Crippen molar-refractivity contribution in [1.29, 1.82) is 0 Å². The fraction of sp³-hybridized carbons (Fsp3) is 0.174. The van der Waals surface area contributed by atoms with Crippen molar-refractivity contribution in [2.24, 2.45) is 0 Å². The molecule has 1 heterocycles. The Labute approximate surface area is 184 Å². The highest BCUT2D eigenvalue weighted by Gasteiger charge is 2.26. The number of nitrogens with one attached hydrogen (secondary N) is 2. The summed E-state index contributed by atoms with van der Waals surface area (Å²) in [6.07, 6.45) is 0. The van der Waals surface area contributed by atoms with Crippen LogP contribution in [0.1, 0.15) is 41.5 Å². The van der Waals surface area contributed by atoms with Crippen LogP contribution in [0.5, 0.6) is 5.75 Å². The van der Waals surface area contributed by atoms with Crippen LogP contribution in [0.2, 0.25) is 0 Å². The van der Waals surface area contributed by atoms with E-state index in [0.717, 1.165) is 16.9 Å². The molecule has 0 unspecified atom stereocenters. The van der Waals surface area contributed by atoms with Crippen LogP contribution >= 0.6 is 11.3 Å². The molecular weight excluding hydrogens is 416 g/mol. The second-order valence-corrected chi connectivity index (χ2v) is 7.78. The molecule has 2 amide bonds. The lowest BCUT2D eigenvalue weighted by Gasteiger charge is -2.07. The number of hydrogen-bond acceptors (Lipinski definition) is 6. The van der Waals surface area contributed by atoms with Gasteiger partial charge in [-0.25, -0.2) is 4.79 Å². The van der Waals surface area contributed by atoms with Gasteiger partial charge in [-0.05, 0) is 61.4 Å². The largest absolute Gasteiger partial charge is 0.497 e. The van der Waals surface area contributed by atoms with Gasteiger partial charge in [0.2, 0.25) is 0 Å². The van der Waals surface area contributed by atoms with Gasteiger partial charge in [-0.2, -0.15) is 0 Å². The Morgan fingerprint density at radius 1 is 0.903 bits per heavy atom. The summed E-state index contributed by atoms with van der Waals surface area (Å²) in [5.74, 6) is -0.801. The minimum atomic E-state index is -0.631. The highest BCUT2D eigenvalue weighted by atomic mass is 32.1. The molecule has 0 saturated heterocycles. The van der Waals surface area contributed by atoms with Crippen molar-refractivity contribution in [2.45, 2.75) is 13.8 Å². The summed E-state index contributed by atoms with van der Waals surface area (Å²) in [7, 11) is 2.79. The molecule has 0 aliphatic rings. The quantitative estimate of drug-likeness (QED) is 0.546. The number of carbonyl (C=O) groups is 3. The standard InChI is InChI=1S/C23H22N2O5S/c1-13-6-5-7-16(12-13)24-21(27)19-14(2)18(23(28)30-4)22(31-19)25-20(26)15-8-10-17(29-3)11-9-15/h5-12H,1-4H3,(H,24,27)(H,25,26). The third-order valence-electron chi connectivity index (χ3n) is 4.60. The van der Waals surface area contributed by atoms with Gasteiger partial charge in [0, 0.05) is 11.3 Å². The van der Waals surface area contributed by atoms with Crippen LogP contribution in [0.25, 0.3) is 0 Å². The molecule has 7 nitrogen and oxygen atoms in total. The van der Waals surface area contributed by atoms with Gasteiger partial charge < -0.3 is 20.1 Å². The molecule has 0 bridgehead atoms. The lowest BCUT2D eigenvalue weighted by molar-refractivity contribution is 0.0601. The highest BCUT2D eigenvalue weighted by Crippen LogP contribution is 2.34. The topological polar surface area (TPSA) is 93.7 Å². The molecule has 0 atom stereocenters. The van der Waals surface area contributed by atoms with Crippen molar-refractivity contribution in [3.05, 3.63) is 75.7 Å². The Morgan fingerprint density at radius 2 is 1.61 bits per heavy atom. The number of anilines is 2. The summed E-state index contributed by atoms with van der Waals surface area (Å²) in [5.41, 5.74) is 2.62. The molecule has 3 rings (SSSR count). The van der Waals surface area contributed by atoms with E-state index in [1.165, 1.54) is 14.2 Å². The molecule has 0 spiro atoms. The number of thiophene rings is 1. The molecule has 31 heavy (non-hydrogen) atoms. The molecule has 1 aromatic heterocycles. The van der Waals surface area contributed by atoms with E-state index in [-0.39, 0.29) is 16.5 Å². The number of amides is 2. The van der Waals surface area contributed by atoms with Gasteiger partial charge in [-0.1, -0.05) is 12.1 Å². The predicted octanol–water partition coefficient (Wildman–Crippen LogP) is 4.66. The fourth-order valence-electron chi connectivity index (χ4n) is 2.99. The molecule has 0 aliphatic carbocycles. The number of esters is 1. The van der Waals surface area contributed by atoms with Crippen LogP contribution in [0.15, 0.2) is 48.5 Å². The number of carbonyl (C=O) groups excluding carboxylic acids is 3. The molecule has 0 fully saturated rings. The molecule has 0 saturated carbocycles. The van der Waals surface area contributed by atoms with E-state index in [4.69, 9.17) is 9.47 Å². The fourth-order valence-corrected chi connectivity index (χ4v) is 4.08. The number of ether oxygens (including phenoxy) is 2. The molecular formula is C23H22N2O5S. The number of hydrogen-bond donors (Lipinski definition) is 2. The summed E-state index contributed by atoms with van der Waals surface area (Å²) in [5, 5.41) is 5.80. The monoisotopic (exact) mass is 438 g/mol. The number of methoxy groups -OCH3 is 2. The lowest BCUT2D eigenvalue weighted by atomic mass is 10.1. The van der Waals surface area contributed by atoms with Gasteiger partial charge in [0.1, 0.15) is 10.8 Å². The van der Waals surface area contributed by atoms with Crippen LogP contribution in [0, 0.1) is 13.8 Å². The first kappa shape index (κ1) is 22.0. The zero-order valence-corrected chi connectivity index (χ0v) is 18.4. The zero-order valence-electron chi connectivity index (χ0n) is 17.6. The Kier molecular flexibility index (Phi) is 6.71. The van der Waals surface area contributed by atoms with Crippen LogP contribution in [-0.2, 0) is 4.74 Å². The predicted molar refractivity (Wildman–Crippen MR) is 120 cm³/mol. The number of rotatable bonds is 6. The smallest absolute Gasteiger partial charge is 0.341 e. The van der Waals surface area contributed by atoms with Crippen LogP contribution in [0.4, 0.5) is 10.7 Å². The second-order valence-electron chi connectivity index (χ2n) is 6.76. The molecule has 3 aromatic rings.